The molecule has 2 N–H and O–H groups in total. The van der Waals surface area contributed by atoms with Crippen molar-refractivity contribution in [2.24, 2.45) is 17.8 Å². The fourth-order valence-electron chi connectivity index (χ4n) is 5.37. The summed E-state index contributed by atoms with van der Waals surface area (Å²) < 4.78 is 11.7. The quantitative estimate of drug-likeness (QED) is 0.778. The van der Waals surface area contributed by atoms with Gasteiger partial charge in [-0.15, -0.1) is 11.3 Å². The van der Waals surface area contributed by atoms with Crippen molar-refractivity contribution >= 4 is 23.2 Å². The number of benzene rings is 1. The third-order valence-corrected chi connectivity index (χ3v) is 7.99. The Bertz CT molecular complexity index is 976. The van der Waals surface area contributed by atoms with Crippen LogP contribution in [0.15, 0.2) is 35.7 Å². The van der Waals surface area contributed by atoms with Crippen LogP contribution in [0.25, 0.3) is 0 Å². The predicted octanol–water partition coefficient (Wildman–Crippen LogP) is 3.89. The minimum Gasteiger partial charge on any atom is -0.497 e. The lowest BCUT2D eigenvalue weighted by Gasteiger charge is -2.55. The molecule has 0 radical (unpaired) electrons. The normalized spacial score (nSPS) is 30.2. The molecule has 1 spiro atoms. The maximum atomic E-state index is 13.1. The zero-order valence-corrected chi connectivity index (χ0v) is 18.0. The first-order chi connectivity index (χ1) is 14.5. The van der Waals surface area contributed by atoms with Crippen molar-refractivity contribution in [1.82, 2.24) is 10.6 Å². The Labute approximate surface area is 180 Å². The average molecular weight is 427 g/mol. The molecule has 2 amide bonds. The van der Waals surface area contributed by atoms with Crippen molar-refractivity contribution in [2.75, 3.05) is 7.11 Å². The molecule has 0 saturated heterocycles. The molecule has 3 saturated carbocycles. The van der Waals surface area contributed by atoms with Crippen molar-refractivity contribution in [3.8, 4) is 11.5 Å². The van der Waals surface area contributed by atoms with Crippen molar-refractivity contribution in [1.29, 1.82) is 0 Å². The second-order valence-corrected chi connectivity index (χ2v) is 9.61. The molecule has 1 aliphatic heterocycles. The highest BCUT2D eigenvalue weighted by Crippen LogP contribution is 2.52. The highest BCUT2D eigenvalue weighted by atomic mass is 32.1. The minimum absolute atomic E-state index is 0.0110. The third kappa shape index (κ3) is 3.16. The van der Waals surface area contributed by atoms with E-state index in [2.05, 4.69) is 16.7 Å². The summed E-state index contributed by atoms with van der Waals surface area (Å²) in [5.74, 6) is 1.50. The molecule has 7 heteroatoms. The standard InChI is InChI=1S/C23H26N2O4S/c1-13(20-4-3-9-30-20)24-21(26)18-10-15-6-5-14(18)12-23(15)25-22(27)17-8-7-16(28-2)11-19(17)29-23/h3-4,7-9,11,13-15,18H,5-6,10,12H2,1-2H3,(H,24,26)(H,25,27). The average Bonchev–Trinajstić information content (AvgIpc) is 3.28. The van der Waals surface area contributed by atoms with Crippen LogP contribution in [-0.2, 0) is 4.79 Å². The third-order valence-electron chi connectivity index (χ3n) is 6.93. The summed E-state index contributed by atoms with van der Waals surface area (Å²) in [6, 6.07) is 9.35. The van der Waals surface area contributed by atoms with Gasteiger partial charge >= 0.3 is 0 Å². The molecule has 4 aliphatic rings. The van der Waals surface area contributed by atoms with E-state index in [1.165, 1.54) is 0 Å². The Balaban J connectivity index is 1.34. The molecule has 6 rings (SSSR count). The van der Waals surface area contributed by atoms with Crippen LogP contribution >= 0.6 is 11.3 Å². The number of carbonyl (C=O) groups is 2. The number of ether oxygens (including phenoxy) is 2. The van der Waals surface area contributed by atoms with Crippen LogP contribution < -0.4 is 20.1 Å². The van der Waals surface area contributed by atoms with E-state index >= 15 is 0 Å². The monoisotopic (exact) mass is 426 g/mol. The Kier molecular flexibility index (Phi) is 4.73. The van der Waals surface area contributed by atoms with E-state index in [-0.39, 0.29) is 35.6 Å². The van der Waals surface area contributed by atoms with E-state index in [1.807, 2.05) is 18.4 Å². The molecule has 1 aromatic carbocycles. The zero-order valence-electron chi connectivity index (χ0n) is 17.1. The van der Waals surface area contributed by atoms with Gasteiger partial charge in [-0.2, -0.15) is 0 Å². The maximum absolute atomic E-state index is 13.1. The van der Waals surface area contributed by atoms with Crippen LogP contribution in [0.5, 0.6) is 11.5 Å². The number of carbonyl (C=O) groups excluding carboxylic acids is 2. The van der Waals surface area contributed by atoms with Gasteiger partial charge in [0.1, 0.15) is 11.5 Å². The fraction of sp³-hybridized carbons (Fsp3) is 0.478. The van der Waals surface area contributed by atoms with Gasteiger partial charge in [-0.1, -0.05) is 6.07 Å². The van der Waals surface area contributed by atoms with Crippen LogP contribution in [0.3, 0.4) is 0 Å². The lowest BCUT2D eigenvalue weighted by Crippen LogP contribution is -2.67. The molecule has 5 atom stereocenters. The van der Waals surface area contributed by atoms with Crippen molar-refractivity contribution in [2.45, 2.75) is 44.4 Å². The number of nitrogens with one attached hydrogen (secondary N) is 2. The van der Waals surface area contributed by atoms with Crippen LogP contribution in [-0.4, -0.2) is 24.6 Å². The largest absolute Gasteiger partial charge is 0.497 e. The molecule has 30 heavy (non-hydrogen) atoms. The van der Waals surface area contributed by atoms with Gasteiger partial charge in [-0.05, 0) is 55.7 Å². The number of hydrogen-bond donors (Lipinski definition) is 2. The van der Waals surface area contributed by atoms with Gasteiger partial charge in [0.05, 0.1) is 18.7 Å². The first kappa shape index (κ1) is 19.4. The summed E-state index contributed by atoms with van der Waals surface area (Å²) in [5.41, 5.74) is -0.197. The number of hydrogen-bond acceptors (Lipinski definition) is 5. The van der Waals surface area contributed by atoms with Crippen LogP contribution in [0, 0.1) is 17.8 Å². The second-order valence-electron chi connectivity index (χ2n) is 8.63. The maximum Gasteiger partial charge on any atom is 0.258 e. The van der Waals surface area contributed by atoms with E-state index in [0.717, 1.165) is 24.1 Å². The lowest BCUT2D eigenvalue weighted by atomic mass is 9.60. The number of thiophene rings is 1. The van der Waals surface area contributed by atoms with Crippen molar-refractivity contribution in [3.63, 3.8) is 0 Å². The fourth-order valence-corrected chi connectivity index (χ4v) is 6.10. The van der Waals surface area contributed by atoms with Crippen LogP contribution in [0.4, 0.5) is 0 Å². The Hall–Kier alpha value is -2.54. The summed E-state index contributed by atoms with van der Waals surface area (Å²) in [4.78, 5) is 27.0. The topological polar surface area (TPSA) is 76.7 Å². The summed E-state index contributed by atoms with van der Waals surface area (Å²) in [6.45, 7) is 2.03. The van der Waals surface area contributed by atoms with Crippen molar-refractivity contribution in [3.05, 3.63) is 46.2 Å². The molecule has 2 bridgehead atoms. The van der Waals surface area contributed by atoms with Gasteiger partial charge in [-0.25, -0.2) is 0 Å². The van der Waals surface area contributed by atoms with E-state index in [4.69, 9.17) is 9.47 Å². The van der Waals surface area contributed by atoms with Gasteiger partial charge < -0.3 is 20.1 Å². The van der Waals surface area contributed by atoms with Gasteiger partial charge in [0.2, 0.25) is 5.91 Å². The molecule has 3 fully saturated rings. The minimum atomic E-state index is -0.727. The summed E-state index contributed by atoms with van der Waals surface area (Å²) >= 11 is 1.66. The SMILES string of the molecule is COc1ccc2c(c1)OC1(CC3CCC1CC3C(=O)NC(C)c1cccs1)NC2=O. The first-order valence-corrected chi connectivity index (χ1v) is 11.4. The molecule has 158 valence electrons. The first-order valence-electron chi connectivity index (χ1n) is 10.5. The number of methoxy groups -OCH3 is 1. The summed E-state index contributed by atoms with van der Waals surface area (Å²) in [6.07, 6.45) is 3.33. The molecule has 5 unspecified atom stereocenters. The number of fused-ring (bicyclic) bond motifs is 3. The molecular formula is C23H26N2O4S. The molecular weight excluding hydrogens is 400 g/mol. The molecule has 2 aromatic rings. The van der Waals surface area contributed by atoms with Crippen molar-refractivity contribution < 1.29 is 19.1 Å². The molecule has 1 aromatic heterocycles. The van der Waals surface area contributed by atoms with Crippen LogP contribution in [0.1, 0.15) is 53.9 Å². The predicted molar refractivity (Wildman–Crippen MR) is 114 cm³/mol. The van der Waals surface area contributed by atoms with Crippen LogP contribution in [0.2, 0.25) is 0 Å². The second kappa shape index (κ2) is 7.30. The van der Waals surface area contributed by atoms with Gasteiger partial charge in [-0.3, -0.25) is 9.59 Å². The molecule has 3 aliphatic carbocycles. The van der Waals surface area contributed by atoms with Gasteiger partial charge in [0.15, 0.2) is 5.72 Å². The lowest BCUT2D eigenvalue weighted by molar-refractivity contribution is -0.147. The highest BCUT2D eigenvalue weighted by Gasteiger charge is 2.57. The Morgan fingerprint density at radius 2 is 2.23 bits per heavy atom. The Morgan fingerprint density at radius 3 is 2.93 bits per heavy atom. The summed E-state index contributed by atoms with van der Waals surface area (Å²) in [5, 5.41) is 8.37. The van der Waals surface area contributed by atoms with E-state index < -0.39 is 5.72 Å². The Morgan fingerprint density at radius 1 is 1.37 bits per heavy atom. The summed E-state index contributed by atoms with van der Waals surface area (Å²) in [7, 11) is 1.60. The van der Waals surface area contributed by atoms with E-state index in [9.17, 15) is 9.59 Å². The smallest absolute Gasteiger partial charge is 0.258 e. The van der Waals surface area contributed by atoms with E-state index in [1.54, 1.807) is 36.6 Å². The highest BCUT2D eigenvalue weighted by molar-refractivity contribution is 7.10. The molecule has 6 nitrogen and oxygen atoms in total. The zero-order chi connectivity index (χ0) is 20.9. The van der Waals surface area contributed by atoms with E-state index in [0.29, 0.717) is 23.5 Å². The number of amides is 2. The number of rotatable bonds is 4. The molecule has 2 heterocycles. The van der Waals surface area contributed by atoms with Gasteiger partial charge in [0, 0.05) is 29.2 Å². The van der Waals surface area contributed by atoms with Gasteiger partial charge in [0.25, 0.3) is 5.91 Å².